The van der Waals surface area contributed by atoms with Crippen LogP contribution in [0.3, 0.4) is 0 Å². The number of fused-ring (bicyclic) bond motifs is 1. The van der Waals surface area contributed by atoms with E-state index in [1.54, 1.807) is 6.33 Å². The number of hydrogen-bond donors (Lipinski definition) is 3. The van der Waals surface area contributed by atoms with Gasteiger partial charge in [0.05, 0.1) is 6.33 Å². The van der Waals surface area contributed by atoms with E-state index in [1.165, 1.54) is 25.8 Å². The van der Waals surface area contributed by atoms with E-state index < -0.39 is 0 Å². The van der Waals surface area contributed by atoms with Crippen LogP contribution >= 0.6 is 0 Å². The Kier molecular flexibility index (Phi) is 2.73. The predicted molar refractivity (Wildman–Crippen MR) is 77.9 cm³/mol. The fraction of sp³-hybridized carbons (Fsp3) is 0.615. The van der Waals surface area contributed by atoms with E-state index >= 15 is 0 Å². The van der Waals surface area contributed by atoms with Crippen molar-refractivity contribution in [1.29, 1.82) is 0 Å². The average molecular weight is 273 g/mol. The first-order valence-corrected chi connectivity index (χ1v) is 7.23. The van der Waals surface area contributed by atoms with Gasteiger partial charge in [0.2, 0.25) is 5.95 Å². The quantitative estimate of drug-likeness (QED) is 0.772. The minimum atomic E-state index is 0.460. The Balaban J connectivity index is 1.56. The molecule has 1 unspecified atom stereocenters. The van der Waals surface area contributed by atoms with Crippen LogP contribution in [-0.2, 0) is 0 Å². The summed E-state index contributed by atoms with van der Waals surface area (Å²) in [5.74, 6) is 1.45. The lowest BCUT2D eigenvalue weighted by Gasteiger charge is -2.16. The van der Waals surface area contributed by atoms with Gasteiger partial charge in [0.15, 0.2) is 11.5 Å². The Morgan fingerprint density at radius 1 is 1.30 bits per heavy atom. The molecule has 0 amide bonds. The molecule has 0 bridgehead atoms. The van der Waals surface area contributed by atoms with Gasteiger partial charge in [-0.15, -0.1) is 0 Å². The molecule has 7 heteroatoms. The van der Waals surface area contributed by atoms with Gasteiger partial charge in [-0.1, -0.05) is 0 Å². The average Bonchev–Trinajstić information content (AvgIpc) is 3.02. The van der Waals surface area contributed by atoms with Gasteiger partial charge < -0.3 is 15.6 Å². The Hall–Kier alpha value is -1.89. The molecule has 1 aliphatic carbocycles. The molecule has 1 aliphatic heterocycles. The maximum Gasteiger partial charge on any atom is 0.226 e. The monoisotopic (exact) mass is 273 g/mol. The number of aromatic nitrogens is 4. The maximum atomic E-state index is 4.52. The van der Waals surface area contributed by atoms with Gasteiger partial charge in [-0.2, -0.15) is 9.97 Å². The van der Waals surface area contributed by atoms with Crippen LogP contribution < -0.4 is 10.6 Å². The maximum absolute atomic E-state index is 4.52. The minimum absolute atomic E-state index is 0.460. The number of rotatable bonds is 4. The van der Waals surface area contributed by atoms with Crippen LogP contribution in [-0.4, -0.2) is 57.1 Å². The summed E-state index contributed by atoms with van der Waals surface area (Å²) in [5, 5.41) is 6.54. The zero-order chi connectivity index (χ0) is 13.5. The summed E-state index contributed by atoms with van der Waals surface area (Å²) < 4.78 is 0. The molecule has 3 N–H and O–H groups in total. The number of nitrogens with one attached hydrogen (secondary N) is 3. The number of anilines is 2. The van der Waals surface area contributed by atoms with Crippen molar-refractivity contribution in [2.45, 2.75) is 31.3 Å². The predicted octanol–water partition coefficient (Wildman–Crippen LogP) is 1.04. The highest BCUT2D eigenvalue weighted by Gasteiger charge is 2.34. The summed E-state index contributed by atoms with van der Waals surface area (Å²) >= 11 is 0. The molecule has 0 radical (unpaired) electrons. The first kappa shape index (κ1) is 11.9. The fourth-order valence-corrected chi connectivity index (χ4v) is 2.92. The van der Waals surface area contributed by atoms with Crippen LogP contribution in [0.15, 0.2) is 6.33 Å². The van der Waals surface area contributed by atoms with Crippen LogP contribution in [0.1, 0.15) is 19.3 Å². The summed E-state index contributed by atoms with van der Waals surface area (Å²) in [5.41, 5.74) is 1.58. The van der Waals surface area contributed by atoms with Crippen LogP contribution in [0.4, 0.5) is 11.8 Å². The zero-order valence-electron chi connectivity index (χ0n) is 11.6. The number of hydrogen-bond acceptors (Lipinski definition) is 6. The molecule has 0 spiro atoms. The second-order valence-electron chi connectivity index (χ2n) is 5.60. The zero-order valence-corrected chi connectivity index (χ0v) is 11.6. The van der Waals surface area contributed by atoms with Crippen molar-refractivity contribution < 1.29 is 0 Å². The summed E-state index contributed by atoms with van der Waals surface area (Å²) in [4.78, 5) is 18.8. The summed E-state index contributed by atoms with van der Waals surface area (Å²) in [6.45, 7) is 2.30. The van der Waals surface area contributed by atoms with Crippen molar-refractivity contribution in [2.75, 3.05) is 30.8 Å². The highest BCUT2D eigenvalue weighted by atomic mass is 15.2. The molecule has 1 atom stereocenters. The topological polar surface area (TPSA) is 81.8 Å². The third-order valence-corrected chi connectivity index (χ3v) is 4.13. The van der Waals surface area contributed by atoms with E-state index in [1.807, 2.05) is 7.05 Å². The first-order chi connectivity index (χ1) is 9.83. The number of likely N-dealkylation sites (tertiary alicyclic amines) is 1. The van der Waals surface area contributed by atoms with E-state index in [2.05, 4.69) is 35.5 Å². The summed E-state index contributed by atoms with van der Waals surface area (Å²) in [6, 6.07) is 1.30. The molecule has 2 fully saturated rings. The van der Waals surface area contributed by atoms with E-state index in [4.69, 9.17) is 0 Å². The normalized spacial score (nSPS) is 23.4. The Bertz CT molecular complexity index is 618. The van der Waals surface area contributed by atoms with Crippen molar-refractivity contribution >= 4 is 22.9 Å². The van der Waals surface area contributed by atoms with Crippen LogP contribution in [0.5, 0.6) is 0 Å². The Labute approximate surface area is 117 Å². The SMILES string of the molecule is CNc1nc(NC2CCN(C3CC3)C2)c2[nH]cnc2n1. The Morgan fingerprint density at radius 3 is 3.00 bits per heavy atom. The third kappa shape index (κ3) is 2.07. The molecule has 2 aromatic heterocycles. The lowest BCUT2D eigenvalue weighted by Crippen LogP contribution is -2.28. The second-order valence-corrected chi connectivity index (χ2v) is 5.60. The molecular weight excluding hydrogens is 254 g/mol. The van der Waals surface area contributed by atoms with Gasteiger partial charge in [0.25, 0.3) is 0 Å². The molecule has 2 aliphatic rings. The highest BCUT2D eigenvalue weighted by molar-refractivity contribution is 5.83. The van der Waals surface area contributed by atoms with Crippen molar-refractivity contribution in [3.8, 4) is 0 Å². The second kappa shape index (κ2) is 4.59. The molecule has 7 nitrogen and oxygen atoms in total. The lowest BCUT2D eigenvalue weighted by molar-refractivity contribution is 0.326. The molecule has 1 saturated carbocycles. The standard InChI is InChI=1S/C13H19N7/c1-14-13-18-11-10(15-7-16-11)12(19-13)17-8-4-5-20(6-8)9-2-3-9/h7-9H,2-6H2,1H3,(H3,14,15,16,17,18,19). The molecular formula is C13H19N7. The van der Waals surface area contributed by atoms with E-state index in [0.717, 1.165) is 23.9 Å². The third-order valence-electron chi connectivity index (χ3n) is 4.13. The number of nitrogens with zero attached hydrogens (tertiary/aromatic N) is 4. The van der Waals surface area contributed by atoms with Gasteiger partial charge in [-0.05, 0) is 19.3 Å². The molecule has 1 saturated heterocycles. The number of imidazole rings is 1. The van der Waals surface area contributed by atoms with Gasteiger partial charge in [-0.3, -0.25) is 4.90 Å². The van der Waals surface area contributed by atoms with Crippen molar-refractivity contribution in [1.82, 2.24) is 24.8 Å². The molecule has 20 heavy (non-hydrogen) atoms. The van der Waals surface area contributed by atoms with Crippen LogP contribution in [0, 0.1) is 0 Å². The van der Waals surface area contributed by atoms with E-state index in [-0.39, 0.29) is 0 Å². The van der Waals surface area contributed by atoms with E-state index in [9.17, 15) is 0 Å². The van der Waals surface area contributed by atoms with Gasteiger partial charge >= 0.3 is 0 Å². The van der Waals surface area contributed by atoms with Gasteiger partial charge in [0.1, 0.15) is 5.52 Å². The number of aromatic amines is 1. The highest BCUT2D eigenvalue weighted by Crippen LogP contribution is 2.31. The van der Waals surface area contributed by atoms with Crippen LogP contribution in [0.25, 0.3) is 11.2 Å². The molecule has 0 aromatic carbocycles. The minimum Gasteiger partial charge on any atom is -0.364 e. The molecule has 2 aromatic rings. The summed E-state index contributed by atoms with van der Waals surface area (Å²) in [7, 11) is 1.82. The molecule has 106 valence electrons. The van der Waals surface area contributed by atoms with Gasteiger partial charge in [-0.25, -0.2) is 4.98 Å². The number of H-pyrrole nitrogens is 1. The van der Waals surface area contributed by atoms with Crippen molar-refractivity contribution in [2.24, 2.45) is 0 Å². The Morgan fingerprint density at radius 2 is 2.20 bits per heavy atom. The largest absolute Gasteiger partial charge is 0.364 e. The van der Waals surface area contributed by atoms with Crippen LogP contribution in [0.2, 0.25) is 0 Å². The summed E-state index contributed by atoms with van der Waals surface area (Å²) in [6.07, 6.45) is 5.57. The van der Waals surface area contributed by atoms with E-state index in [0.29, 0.717) is 17.6 Å². The van der Waals surface area contributed by atoms with Crippen molar-refractivity contribution in [3.05, 3.63) is 6.33 Å². The van der Waals surface area contributed by atoms with Gasteiger partial charge in [0, 0.05) is 32.2 Å². The lowest BCUT2D eigenvalue weighted by atomic mass is 10.2. The first-order valence-electron chi connectivity index (χ1n) is 7.23. The smallest absolute Gasteiger partial charge is 0.226 e. The fourth-order valence-electron chi connectivity index (χ4n) is 2.92. The molecule has 3 heterocycles. The molecule has 4 rings (SSSR count). The van der Waals surface area contributed by atoms with Crippen molar-refractivity contribution in [3.63, 3.8) is 0 Å².